The lowest BCUT2D eigenvalue weighted by Gasteiger charge is -1.99. The van der Waals surface area contributed by atoms with Gasteiger partial charge in [0.05, 0.1) is 0 Å². The van der Waals surface area contributed by atoms with Gasteiger partial charge in [0.25, 0.3) is 0 Å². The molecule has 0 aliphatic rings. The summed E-state index contributed by atoms with van der Waals surface area (Å²) in [7, 11) is 0. The molecule has 0 rings (SSSR count). The van der Waals surface area contributed by atoms with Crippen molar-refractivity contribution in [2.24, 2.45) is 0 Å². The van der Waals surface area contributed by atoms with Crippen LogP contribution in [0.25, 0.3) is 0 Å². The van der Waals surface area contributed by atoms with E-state index in [1.807, 2.05) is 0 Å². The van der Waals surface area contributed by atoms with Gasteiger partial charge in [-0.1, -0.05) is 133 Å². The van der Waals surface area contributed by atoms with Gasteiger partial charge < -0.3 is 0 Å². The maximum atomic E-state index is 3.41. The second-order valence-electron chi connectivity index (χ2n) is 10.7. The summed E-state index contributed by atoms with van der Waals surface area (Å²) >= 11 is 0. The Morgan fingerprint density at radius 3 is 0.973 bits per heavy atom. The van der Waals surface area contributed by atoms with Crippen molar-refractivity contribution >= 4 is 0 Å². The van der Waals surface area contributed by atoms with Crippen molar-refractivity contribution in [1.82, 2.24) is 0 Å². The molecule has 0 heteroatoms. The van der Waals surface area contributed by atoms with E-state index in [0.717, 1.165) is 25.7 Å². The molecule has 212 valence electrons. The second kappa shape index (κ2) is 34.5. The van der Waals surface area contributed by atoms with Crippen molar-refractivity contribution in [1.29, 1.82) is 0 Å². The summed E-state index contributed by atoms with van der Waals surface area (Å²) in [6.07, 6.45) is 51.2. The van der Waals surface area contributed by atoms with Crippen molar-refractivity contribution in [2.45, 2.75) is 174 Å². The van der Waals surface area contributed by atoms with Crippen LogP contribution in [0.2, 0.25) is 0 Å². The molecule has 0 radical (unpaired) electrons. The largest absolute Gasteiger partial charge is 0.103 e. The smallest absolute Gasteiger partial charge is 0.00886 e. The van der Waals surface area contributed by atoms with E-state index in [1.165, 1.54) is 135 Å². The molecule has 0 fully saturated rings. The molecule has 0 atom stereocenters. The molecule has 0 spiro atoms. The van der Waals surface area contributed by atoms with Gasteiger partial charge in [-0.25, -0.2) is 0 Å². The summed E-state index contributed by atoms with van der Waals surface area (Å²) in [5, 5.41) is 0. The molecule has 0 unspecified atom stereocenters. The highest BCUT2D eigenvalue weighted by atomic mass is 14.0. The maximum Gasteiger partial charge on any atom is 0.00886 e. The fraction of sp³-hybridized carbons (Fsp3) is 0.730. The van der Waals surface area contributed by atoms with Gasteiger partial charge in [-0.05, 0) is 77.0 Å². The van der Waals surface area contributed by atoms with E-state index < -0.39 is 0 Å². The monoisotopic (exact) mass is 509 g/mol. The number of rotatable bonds is 27. The van der Waals surface area contributed by atoms with Gasteiger partial charge in [0.1, 0.15) is 0 Å². The zero-order valence-electron chi connectivity index (χ0n) is 25.3. The Balaban J connectivity index is 3.26. The average Bonchev–Trinajstić information content (AvgIpc) is 2.91. The Labute approximate surface area is 234 Å². The van der Waals surface area contributed by atoms with Crippen LogP contribution >= 0.6 is 0 Å². The summed E-state index contributed by atoms with van der Waals surface area (Å²) < 4.78 is 0. The zero-order chi connectivity index (χ0) is 26.7. The van der Waals surface area contributed by atoms with Gasteiger partial charge in [-0.3, -0.25) is 0 Å². The van der Waals surface area contributed by atoms with Crippen LogP contribution in [0.1, 0.15) is 174 Å². The van der Waals surface area contributed by atoms with Crippen LogP contribution in [0.3, 0.4) is 0 Å². The first-order chi connectivity index (χ1) is 18.4. The molecule has 0 aliphatic carbocycles. The molecule has 37 heavy (non-hydrogen) atoms. The molecule has 0 aromatic carbocycles. The van der Waals surface area contributed by atoms with Gasteiger partial charge in [0, 0.05) is 12.8 Å². The van der Waals surface area contributed by atoms with E-state index in [-0.39, 0.29) is 0 Å². The number of hydrogen-bond acceptors (Lipinski definition) is 0. The van der Waals surface area contributed by atoms with Crippen LogP contribution in [0.5, 0.6) is 0 Å². The van der Waals surface area contributed by atoms with Crippen molar-refractivity contribution in [3.8, 4) is 11.8 Å². The molecule has 0 saturated carbocycles. The SMILES string of the molecule is CCCCC/C=C\C/C=C\CCCCCCCC#CCCCCCCCC/C=C\C/C=C\CCCCC. The molecular weight excluding hydrogens is 444 g/mol. The highest BCUT2D eigenvalue weighted by Gasteiger charge is 1.91. The third-order valence-electron chi connectivity index (χ3n) is 6.88. The third kappa shape index (κ3) is 34.5. The molecular formula is C37H64. The molecule has 0 nitrogen and oxygen atoms in total. The Kier molecular flexibility index (Phi) is 33.1. The minimum absolute atomic E-state index is 1.10. The lowest BCUT2D eigenvalue weighted by atomic mass is 10.1. The fourth-order valence-corrected chi connectivity index (χ4v) is 4.40. The topological polar surface area (TPSA) is 0 Å². The Hall–Kier alpha value is -1.48. The molecule has 0 aromatic rings. The zero-order valence-corrected chi connectivity index (χ0v) is 25.3. The minimum Gasteiger partial charge on any atom is -0.103 e. The average molecular weight is 509 g/mol. The third-order valence-corrected chi connectivity index (χ3v) is 6.88. The van der Waals surface area contributed by atoms with E-state index in [0.29, 0.717) is 0 Å². The molecule has 0 aliphatic heterocycles. The van der Waals surface area contributed by atoms with Gasteiger partial charge >= 0.3 is 0 Å². The lowest BCUT2D eigenvalue weighted by molar-refractivity contribution is 0.601. The van der Waals surface area contributed by atoms with E-state index in [2.05, 4.69) is 74.3 Å². The number of hydrogen-bond donors (Lipinski definition) is 0. The Morgan fingerprint density at radius 1 is 0.324 bits per heavy atom. The first kappa shape index (κ1) is 35.5. The van der Waals surface area contributed by atoms with Crippen molar-refractivity contribution in [3.05, 3.63) is 48.6 Å². The van der Waals surface area contributed by atoms with E-state index in [9.17, 15) is 0 Å². The first-order valence-corrected chi connectivity index (χ1v) is 16.5. The molecule has 0 heterocycles. The summed E-state index contributed by atoms with van der Waals surface area (Å²) in [5.41, 5.74) is 0. The summed E-state index contributed by atoms with van der Waals surface area (Å²) in [5.74, 6) is 6.81. The van der Waals surface area contributed by atoms with Crippen molar-refractivity contribution in [2.75, 3.05) is 0 Å². The predicted octanol–water partition coefficient (Wildman–Crippen LogP) is 13.0. The fourth-order valence-electron chi connectivity index (χ4n) is 4.40. The lowest BCUT2D eigenvalue weighted by Crippen LogP contribution is -1.80. The van der Waals surface area contributed by atoms with Crippen LogP contribution in [0.4, 0.5) is 0 Å². The molecule has 0 saturated heterocycles. The van der Waals surface area contributed by atoms with Crippen LogP contribution in [-0.4, -0.2) is 0 Å². The normalized spacial score (nSPS) is 11.9. The highest BCUT2D eigenvalue weighted by molar-refractivity contribution is 4.98. The van der Waals surface area contributed by atoms with Crippen LogP contribution in [0, 0.1) is 11.8 Å². The van der Waals surface area contributed by atoms with Crippen molar-refractivity contribution < 1.29 is 0 Å². The van der Waals surface area contributed by atoms with Crippen molar-refractivity contribution in [3.63, 3.8) is 0 Å². The highest BCUT2D eigenvalue weighted by Crippen LogP contribution is 2.10. The van der Waals surface area contributed by atoms with Gasteiger partial charge in [0.15, 0.2) is 0 Å². The van der Waals surface area contributed by atoms with E-state index >= 15 is 0 Å². The number of allylic oxidation sites excluding steroid dienone is 8. The second-order valence-corrected chi connectivity index (χ2v) is 10.7. The molecule has 0 amide bonds. The van der Waals surface area contributed by atoms with Crippen LogP contribution < -0.4 is 0 Å². The Bertz CT molecular complexity index is 591. The Morgan fingerprint density at radius 2 is 0.622 bits per heavy atom. The minimum atomic E-state index is 1.10. The molecule has 0 bridgehead atoms. The quantitative estimate of drug-likeness (QED) is 0.0588. The standard InChI is InChI=1S/C37H64/c1-3-5-7-9-11-13-15-17-19-21-23-25-27-29-31-33-35-37-36-34-32-30-28-26-24-22-20-18-16-14-12-10-8-6-4-2/h11-14,17-20H,3-10,15-16,21-35H2,1-2H3/b13-11-,14-12-,19-17-,20-18-. The van der Waals surface area contributed by atoms with Crippen LogP contribution in [-0.2, 0) is 0 Å². The number of unbranched alkanes of at least 4 members (excludes halogenated alkanes) is 19. The van der Waals surface area contributed by atoms with Crippen LogP contribution in [0.15, 0.2) is 48.6 Å². The van der Waals surface area contributed by atoms with Gasteiger partial charge in [0.2, 0.25) is 0 Å². The summed E-state index contributed by atoms with van der Waals surface area (Å²) in [6, 6.07) is 0. The van der Waals surface area contributed by atoms with E-state index in [1.54, 1.807) is 0 Å². The summed E-state index contributed by atoms with van der Waals surface area (Å²) in [6.45, 7) is 4.53. The molecule has 0 N–H and O–H groups in total. The summed E-state index contributed by atoms with van der Waals surface area (Å²) in [4.78, 5) is 0. The van der Waals surface area contributed by atoms with Gasteiger partial charge in [-0.15, -0.1) is 11.8 Å². The van der Waals surface area contributed by atoms with E-state index in [4.69, 9.17) is 0 Å². The predicted molar refractivity (Wildman–Crippen MR) is 171 cm³/mol. The van der Waals surface area contributed by atoms with Gasteiger partial charge in [-0.2, -0.15) is 0 Å². The maximum absolute atomic E-state index is 3.41. The molecule has 0 aromatic heterocycles. The first-order valence-electron chi connectivity index (χ1n) is 16.5.